The minimum atomic E-state index is -0.0124. The van der Waals surface area contributed by atoms with Crippen LogP contribution in [0.25, 0.3) is 0 Å². The second-order valence-electron chi connectivity index (χ2n) is 5.40. The summed E-state index contributed by atoms with van der Waals surface area (Å²) in [5, 5.41) is 3.34. The standard InChI is InChI=1S/C13H24N4/c1-13(2,14-3)12-10-15-11-17(12)9-8-16-6-4-5-7-16/h10-11,14H,4-9H2,1-3H3. The van der Waals surface area contributed by atoms with E-state index in [1.54, 1.807) is 0 Å². The molecule has 1 saturated heterocycles. The molecule has 0 spiro atoms. The molecule has 1 aromatic rings. The zero-order valence-electron chi connectivity index (χ0n) is 11.2. The van der Waals surface area contributed by atoms with Crippen molar-refractivity contribution in [3.05, 3.63) is 18.2 Å². The number of nitrogens with zero attached hydrogens (tertiary/aromatic N) is 3. The minimum Gasteiger partial charge on any atom is -0.332 e. The second-order valence-corrected chi connectivity index (χ2v) is 5.40. The molecule has 1 aliphatic heterocycles. The van der Waals surface area contributed by atoms with Gasteiger partial charge in [-0.25, -0.2) is 4.98 Å². The summed E-state index contributed by atoms with van der Waals surface area (Å²) in [7, 11) is 2.00. The summed E-state index contributed by atoms with van der Waals surface area (Å²) in [5.74, 6) is 0. The van der Waals surface area contributed by atoms with Crippen LogP contribution in [0, 0.1) is 0 Å². The fraction of sp³-hybridized carbons (Fsp3) is 0.769. The average Bonchev–Trinajstić information content (AvgIpc) is 2.97. The van der Waals surface area contributed by atoms with Crippen molar-refractivity contribution < 1.29 is 0 Å². The zero-order valence-corrected chi connectivity index (χ0v) is 11.2. The Morgan fingerprint density at radius 2 is 2.00 bits per heavy atom. The molecule has 0 atom stereocenters. The van der Waals surface area contributed by atoms with Gasteiger partial charge in [-0.3, -0.25) is 0 Å². The lowest BCUT2D eigenvalue weighted by atomic mass is 10.0. The van der Waals surface area contributed by atoms with Gasteiger partial charge in [-0.1, -0.05) is 0 Å². The van der Waals surface area contributed by atoms with Crippen LogP contribution in [0.4, 0.5) is 0 Å². The summed E-state index contributed by atoms with van der Waals surface area (Å²) in [6.45, 7) is 9.09. The smallest absolute Gasteiger partial charge is 0.0949 e. The Labute approximate surface area is 104 Å². The first-order valence-corrected chi connectivity index (χ1v) is 6.55. The highest BCUT2D eigenvalue weighted by atomic mass is 15.2. The van der Waals surface area contributed by atoms with Crippen LogP contribution in [0.1, 0.15) is 32.4 Å². The molecular weight excluding hydrogens is 212 g/mol. The lowest BCUT2D eigenvalue weighted by molar-refractivity contribution is 0.312. The quantitative estimate of drug-likeness (QED) is 0.839. The molecule has 0 unspecified atom stereocenters. The Bertz CT molecular complexity index is 350. The predicted molar refractivity (Wildman–Crippen MR) is 70.0 cm³/mol. The number of rotatable bonds is 5. The van der Waals surface area contributed by atoms with Crippen LogP contribution in [0.5, 0.6) is 0 Å². The Morgan fingerprint density at radius 3 is 2.65 bits per heavy atom. The van der Waals surface area contributed by atoms with E-state index in [0.717, 1.165) is 13.1 Å². The summed E-state index contributed by atoms with van der Waals surface area (Å²) in [6, 6.07) is 0. The molecule has 4 nitrogen and oxygen atoms in total. The van der Waals surface area contributed by atoms with Crippen molar-refractivity contribution in [2.45, 2.75) is 38.8 Å². The molecule has 96 valence electrons. The van der Waals surface area contributed by atoms with E-state index < -0.39 is 0 Å². The Hall–Kier alpha value is -0.870. The van der Waals surface area contributed by atoms with Crippen LogP contribution < -0.4 is 5.32 Å². The molecule has 0 aliphatic carbocycles. The van der Waals surface area contributed by atoms with Crippen molar-refractivity contribution >= 4 is 0 Å². The summed E-state index contributed by atoms with van der Waals surface area (Å²) in [5.41, 5.74) is 1.25. The SMILES string of the molecule is CNC(C)(C)c1cncn1CCN1CCCC1. The molecule has 1 fully saturated rings. The first-order chi connectivity index (χ1) is 8.13. The molecule has 1 aliphatic rings. The van der Waals surface area contributed by atoms with Gasteiger partial charge in [0.15, 0.2) is 0 Å². The Balaban J connectivity index is 1.98. The maximum Gasteiger partial charge on any atom is 0.0949 e. The van der Waals surface area contributed by atoms with Gasteiger partial charge in [-0.15, -0.1) is 0 Å². The van der Waals surface area contributed by atoms with E-state index in [4.69, 9.17) is 0 Å². The van der Waals surface area contributed by atoms with Crippen molar-refractivity contribution in [1.82, 2.24) is 19.8 Å². The van der Waals surface area contributed by atoms with Gasteiger partial charge in [-0.05, 0) is 46.8 Å². The number of aromatic nitrogens is 2. The lowest BCUT2D eigenvalue weighted by Crippen LogP contribution is -2.36. The number of nitrogens with one attached hydrogen (secondary N) is 1. The third-order valence-electron chi connectivity index (χ3n) is 3.83. The largest absolute Gasteiger partial charge is 0.332 e. The highest BCUT2D eigenvalue weighted by Gasteiger charge is 2.22. The van der Waals surface area contributed by atoms with Crippen LogP contribution >= 0.6 is 0 Å². The van der Waals surface area contributed by atoms with Gasteiger partial charge in [0.1, 0.15) is 0 Å². The van der Waals surface area contributed by atoms with Gasteiger partial charge in [0, 0.05) is 19.3 Å². The summed E-state index contributed by atoms with van der Waals surface area (Å²) < 4.78 is 2.27. The first kappa shape index (κ1) is 12.6. The van der Waals surface area contributed by atoms with Crippen LogP contribution in [0.2, 0.25) is 0 Å². The lowest BCUT2D eigenvalue weighted by Gasteiger charge is -2.26. The van der Waals surface area contributed by atoms with Gasteiger partial charge < -0.3 is 14.8 Å². The molecular formula is C13H24N4. The van der Waals surface area contributed by atoms with Crippen LogP contribution in [-0.4, -0.2) is 41.1 Å². The molecule has 0 amide bonds. The molecule has 0 aromatic carbocycles. The van der Waals surface area contributed by atoms with Gasteiger partial charge in [0.25, 0.3) is 0 Å². The van der Waals surface area contributed by atoms with E-state index in [1.807, 2.05) is 19.6 Å². The number of hydrogen-bond donors (Lipinski definition) is 1. The molecule has 0 bridgehead atoms. The van der Waals surface area contributed by atoms with Gasteiger partial charge in [0.2, 0.25) is 0 Å². The van der Waals surface area contributed by atoms with E-state index in [1.165, 1.54) is 31.6 Å². The molecule has 2 rings (SSSR count). The summed E-state index contributed by atoms with van der Waals surface area (Å²) >= 11 is 0. The fourth-order valence-electron chi connectivity index (χ4n) is 2.40. The fourth-order valence-corrected chi connectivity index (χ4v) is 2.40. The van der Waals surface area contributed by atoms with E-state index in [9.17, 15) is 0 Å². The monoisotopic (exact) mass is 236 g/mol. The van der Waals surface area contributed by atoms with Gasteiger partial charge >= 0.3 is 0 Å². The molecule has 0 radical (unpaired) electrons. The third-order valence-corrected chi connectivity index (χ3v) is 3.83. The molecule has 17 heavy (non-hydrogen) atoms. The zero-order chi connectivity index (χ0) is 12.3. The topological polar surface area (TPSA) is 33.1 Å². The average molecular weight is 236 g/mol. The molecule has 2 heterocycles. The highest BCUT2D eigenvalue weighted by molar-refractivity contribution is 5.10. The normalized spacial score (nSPS) is 17.8. The van der Waals surface area contributed by atoms with Crippen LogP contribution in [0.15, 0.2) is 12.5 Å². The molecule has 0 saturated carbocycles. The number of likely N-dealkylation sites (tertiary alicyclic amines) is 1. The number of imidazole rings is 1. The Morgan fingerprint density at radius 1 is 1.29 bits per heavy atom. The molecule has 1 N–H and O–H groups in total. The molecule has 1 aromatic heterocycles. The van der Waals surface area contributed by atoms with Crippen molar-refractivity contribution in [1.29, 1.82) is 0 Å². The second kappa shape index (κ2) is 5.19. The van der Waals surface area contributed by atoms with E-state index >= 15 is 0 Å². The van der Waals surface area contributed by atoms with Crippen molar-refractivity contribution in [3.8, 4) is 0 Å². The van der Waals surface area contributed by atoms with Crippen molar-refractivity contribution in [2.75, 3.05) is 26.7 Å². The maximum absolute atomic E-state index is 4.29. The first-order valence-electron chi connectivity index (χ1n) is 6.55. The summed E-state index contributed by atoms with van der Waals surface area (Å²) in [4.78, 5) is 6.82. The minimum absolute atomic E-state index is 0.0124. The Kier molecular flexibility index (Phi) is 3.84. The predicted octanol–water partition coefficient (Wildman–Crippen LogP) is 1.43. The van der Waals surface area contributed by atoms with Crippen LogP contribution in [-0.2, 0) is 12.1 Å². The van der Waals surface area contributed by atoms with E-state index in [2.05, 4.69) is 33.6 Å². The highest BCUT2D eigenvalue weighted by Crippen LogP contribution is 2.19. The van der Waals surface area contributed by atoms with Gasteiger partial charge in [-0.2, -0.15) is 0 Å². The maximum atomic E-state index is 4.29. The molecule has 4 heteroatoms. The van der Waals surface area contributed by atoms with Crippen molar-refractivity contribution in [3.63, 3.8) is 0 Å². The van der Waals surface area contributed by atoms with Crippen LogP contribution in [0.3, 0.4) is 0 Å². The van der Waals surface area contributed by atoms with Gasteiger partial charge in [0.05, 0.1) is 17.6 Å². The number of hydrogen-bond acceptors (Lipinski definition) is 3. The third kappa shape index (κ3) is 2.87. The van der Waals surface area contributed by atoms with Crippen molar-refractivity contribution in [2.24, 2.45) is 0 Å². The van der Waals surface area contributed by atoms with E-state index in [0.29, 0.717) is 0 Å². The summed E-state index contributed by atoms with van der Waals surface area (Å²) in [6.07, 6.45) is 6.64. The van der Waals surface area contributed by atoms with E-state index in [-0.39, 0.29) is 5.54 Å².